The lowest BCUT2D eigenvalue weighted by molar-refractivity contribution is -0.144. The fourth-order valence-corrected chi connectivity index (χ4v) is 3.81. The molecule has 1 fully saturated rings. The van der Waals surface area contributed by atoms with Gasteiger partial charge in [-0.2, -0.15) is 18.3 Å². The molecule has 0 radical (unpaired) electrons. The molecule has 14 heteroatoms. The predicted molar refractivity (Wildman–Crippen MR) is 118 cm³/mol. The van der Waals surface area contributed by atoms with Crippen LogP contribution < -0.4 is 5.32 Å². The molecule has 0 spiro atoms. The monoisotopic (exact) mass is 500 g/mol. The number of halogens is 3. The van der Waals surface area contributed by atoms with Crippen molar-refractivity contribution in [1.82, 2.24) is 34.8 Å². The van der Waals surface area contributed by atoms with E-state index in [9.17, 15) is 23.1 Å². The number of carbonyl (C=O) groups is 1. The lowest BCUT2D eigenvalue weighted by atomic mass is 9.98. The Bertz CT molecular complexity index is 1450. The van der Waals surface area contributed by atoms with Crippen LogP contribution in [-0.4, -0.2) is 59.4 Å². The summed E-state index contributed by atoms with van der Waals surface area (Å²) in [6.45, 7) is 0.292. The molecule has 1 atom stereocenters. The van der Waals surface area contributed by atoms with Gasteiger partial charge in [0.25, 0.3) is 5.91 Å². The summed E-state index contributed by atoms with van der Waals surface area (Å²) in [5, 5.41) is 21.5. The second-order valence-electron chi connectivity index (χ2n) is 8.33. The number of alkyl halides is 3. The molecule has 1 amide bonds. The molecule has 5 heterocycles. The first-order valence-corrected chi connectivity index (χ1v) is 10.7. The third-order valence-electron chi connectivity index (χ3n) is 5.72. The van der Waals surface area contributed by atoms with Crippen LogP contribution in [0.25, 0.3) is 22.8 Å². The number of nitrogens with one attached hydrogen (secondary N) is 1. The van der Waals surface area contributed by atoms with Crippen molar-refractivity contribution in [1.29, 1.82) is 0 Å². The molecule has 1 unspecified atom stereocenters. The summed E-state index contributed by atoms with van der Waals surface area (Å²) in [6, 6.07) is 4.32. The number of nitrogens with zero attached hydrogens (tertiary/aromatic N) is 7. The minimum atomic E-state index is -4.69. The maximum absolute atomic E-state index is 13.7. The largest absolute Gasteiger partial charge is 0.416 e. The van der Waals surface area contributed by atoms with Crippen LogP contribution in [0.15, 0.2) is 47.4 Å². The zero-order valence-corrected chi connectivity index (χ0v) is 19.0. The van der Waals surface area contributed by atoms with Gasteiger partial charge in [-0.05, 0) is 18.2 Å². The third-order valence-corrected chi connectivity index (χ3v) is 5.72. The number of likely N-dealkylation sites (tertiary alicyclic amines) is 1. The highest BCUT2D eigenvalue weighted by molar-refractivity contribution is 5.87. The van der Waals surface area contributed by atoms with E-state index in [1.165, 1.54) is 30.3 Å². The standard InChI is InChI=1S/C22H19F3N8O3/c1-32-6-4-21(35,19(32)34)18-9-17(31-36-18)16-8-12(22(23,24)25)7-15(29-16)14-3-5-26-20(30-14)28-13-10-27-33(2)11-13/h3,5,7-11,35H,4,6H2,1-2H3,(H,26,28,30). The van der Waals surface area contributed by atoms with Gasteiger partial charge in [0, 0.05) is 45.5 Å². The Hall–Kier alpha value is -4.33. The molecule has 0 aromatic carbocycles. The Morgan fingerprint density at radius 3 is 2.50 bits per heavy atom. The maximum Gasteiger partial charge on any atom is 0.416 e. The fourth-order valence-electron chi connectivity index (χ4n) is 3.81. The van der Waals surface area contributed by atoms with Gasteiger partial charge in [-0.15, -0.1) is 0 Å². The van der Waals surface area contributed by atoms with E-state index in [1.807, 2.05) is 0 Å². The van der Waals surface area contributed by atoms with Gasteiger partial charge in [0.2, 0.25) is 11.5 Å². The summed E-state index contributed by atoms with van der Waals surface area (Å²) in [5.41, 5.74) is -2.54. The quantitative estimate of drug-likeness (QED) is 0.424. The first kappa shape index (κ1) is 23.4. The van der Waals surface area contributed by atoms with E-state index in [0.29, 0.717) is 12.2 Å². The second-order valence-corrected chi connectivity index (χ2v) is 8.33. The van der Waals surface area contributed by atoms with Crippen molar-refractivity contribution < 1.29 is 27.6 Å². The highest BCUT2D eigenvalue weighted by Crippen LogP contribution is 2.37. The number of anilines is 2. The minimum absolute atomic E-state index is 0.0614. The van der Waals surface area contributed by atoms with Crippen molar-refractivity contribution in [2.24, 2.45) is 7.05 Å². The number of aromatic nitrogens is 6. The summed E-state index contributed by atoms with van der Waals surface area (Å²) in [6.07, 6.45) is -0.0230. The van der Waals surface area contributed by atoms with E-state index in [-0.39, 0.29) is 40.9 Å². The zero-order chi connectivity index (χ0) is 25.7. The van der Waals surface area contributed by atoms with E-state index in [2.05, 4.69) is 30.5 Å². The van der Waals surface area contributed by atoms with Gasteiger partial charge in [-0.25, -0.2) is 15.0 Å². The topological polar surface area (TPSA) is 135 Å². The van der Waals surface area contributed by atoms with Crippen LogP contribution in [-0.2, 0) is 23.6 Å². The Kier molecular flexibility index (Phi) is 5.47. The summed E-state index contributed by atoms with van der Waals surface area (Å²) in [4.78, 5) is 26.4. The number of aryl methyl sites for hydroxylation is 1. The van der Waals surface area contributed by atoms with E-state index >= 15 is 0 Å². The molecule has 0 bridgehead atoms. The Labute approximate surface area is 201 Å². The van der Waals surface area contributed by atoms with Crippen LogP contribution in [0, 0.1) is 0 Å². The lowest BCUT2D eigenvalue weighted by Crippen LogP contribution is -2.35. The smallest absolute Gasteiger partial charge is 0.373 e. The molecule has 2 N–H and O–H groups in total. The predicted octanol–water partition coefficient (Wildman–Crippen LogP) is 2.74. The molecule has 4 aromatic heterocycles. The zero-order valence-electron chi connectivity index (χ0n) is 19.0. The van der Waals surface area contributed by atoms with Crippen LogP contribution >= 0.6 is 0 Å². The summed E-state index contributed by atoms with van der Waals surface area (Å²) in [5.74, 6) is -0.619. The van der Waals surface area contributed by atoms with E-state index < -0.39 is 23.2 Å². The maximum atomic E-state index is 13.7. The average molecular weight is 500 g/mol. The molecule has 0 aliphatic carbocycles. The number of hydrogen-bond donors (Lipinski definition) is 2. The van der Waals surface area contributed by atoms with E-state index in [1.54, 1.807) is 24.1 Å². The molecule has 5 rings (SSSR count). The summed E-state index contributed by atoms with van der Waals surface area (Å²) >= 11 is 0. The van der Waals surface area contributed by atoms with Crippen molar-refractivity contribution in [3.63, 3.8) is 0 Å². The molecule has 1 aliphatic heterocycles. The van der Waals surface area contributed by atoms with Crippen LogP contribution in [0.3, 0.4) is 0 Å². The summed E-state index contributed by atoms with van der Waals surface area (Å²) in [7, 11) is 3.25. The van der Waals surface area contributed by atoms with Crippen molar-refractivity contribution in [3.8, 4) is 22.8 Å². The molecule has 36 heavy (non-hydrogen) atoms. The van der Waals surface area contributed by atoms with E-state index in [4.69, 9.17) is 4.52 Å². The molecular formula is C22H19F3N8O3. The molecule has 1 aliphatic rings. The molecule has 4 aromatic rings. The number of aliphatic hydroxyl groups is 1. The molecule has 11 nitrogen and oxygen atoms in total. The molecular weight excluding hydrogens is 481 g/mol. The van der Waals surface area contributed by atoms with Gasteiger partial charge in [0.15, 0.2) is 5.76 Å². The third kappa shape index (κ3) is 4.26. The van der Waals surface area contributed by atoms with E-state index in [0.717, 1.165) is 12.1 Å². The van der Waals surface area contributed by atoms with Crippen molar-refractivity contribution in [2.45, 2.75) is 18.2 Å². The number of likely N-dealkylation sites (N-methyl/N-ethyl adjacent to an activating group) is 1. The SMILES string of the molecule is CN1CCC(O)(c2cc(-c3cc(C(F)(F)F)cc(-c4ccnc(Nc5cnn(C)c5)n4)n3)no2)C1=O. The first-order valence-electron chi connectivity index (χ1n) is 10.7. The van der Waals surface area contributed by atoms with Gasteiger partial charge in [-0.1, -0.05) is 5.16 Å². The average Bonchev–Trinajstić information content (AvgIpc) is 3.56. The highest BCUT2D eigenvalue weighted by Gasteiger charge is 2.48. The molecule has 186 valence electrons. The molecule has 0 saturated carbocycles. The fraction of sp³-hybridized carbons (Fsp3) is 0.273. The number of amides is 1. The number of rotatable bonds is 5. The van der Waals surface area contributed by atoms with Crippen LogP contribution in [0.1, 0.15) is 17.7 Å². The first-order chi connectivity index (χ1) is 17.0. The normalized spacial score (nSPS) is 18.2. The highest BCUT2D eigenvalue weighted by atomic mass is 19.4. The minimum Gasteiger partial charge on any atom is -0.373 e. The van der Waals surface area contributed by atoms with Gasteiger partial charge in [0.1, 0.15) is 5.69 Å². The van der Waals surface area contributed by atoms with Gasteiger partial charge in [0.05, 0.1) is 34.5 Å². The van der Waals surface area contributed by atoms with Crippen LogP contribution in [0.5, 0.6) is 0 Å². The van der Waals surface area contributed by atoms with Crippen LogP contribution in [0.4, 0.5) is 24.8 Å². The molecule has 1 saturated heterocycles. The van der Waals surface area contributed by atoms with Gasteiger partial charge in [-0.3, -0.25) is 9.48 Å². The lowest BCUT2D eigenvalue weighted by Gasteiger charge is -2.16. The van der Waals surface area contributed by atoms with Crippen LogP contribution in [0.2, 0.25) is 0 Å². The number of carbonyl (C=O) groups excluding carboxylic acids is 1. The number of hydrogen-bond acceptors (Lipinski definition) is 9. The van der Waals surface area contributed by atoms with Crippen molar-refractivity contribution in [2.75, 3.05) is 18.9 Å². The Balaban J connectivity index is 1.53. The second kappa shape index (κ2) is 8.41. The Morgan fingerprint density at radius 2 is 1.86 bits per heavy atom. The van der Waals surface area contributed by atoms with Crippen molar-refractivity contribution in [3.05, 3.63) is 54.2 Å². The summed E-state index contributed by atoms with van der Waals surface area (Å²) < 4.78 is 47.9. The van der Waals surface area contributed by atoms with Crippen molar-refractivity contribution >= 4 is 17.5 Å². The van der Waals surface area contributed by atoms with Gasteiger partial charge < -0.3 is 19.8 Å². The Morgan fingerprint density at radius 1 is 1.11 bits per heavy atom. The van der Waals surface area contributed by atoms with Gasteiger partial charge >= 0.3 is 6.18 Å². The number of pyridine rings is 1.